The van der Waals surface area contributed by atoms with E-state index < -0.39 is 11.8 Å². The molecular formula is C15H13FN4O2. The quantitative estimate of drug-likeness (QED) is 0.557. The summed E-state index contributed by atoms with van der Waals surface area (Å²) in [5.41, 5.74) is -0.0584. The molecule has 1 aromatic carbocycles. The van der Waals surface area contributed by atoms with Crippen molar-refractivity contribution in [3.63, 3.8) is 0 Å². The van der Waals surface area contributed by atoms with Crippen LogP contribution in [0.5, 0.6) is 0 Å². The molecule has 7 heteroatoms. The van der Waals surface area contributed by atoms with Gasteiger partial charge in [-0.25, -0.2) is 19.2 Å². The molecule has 0 amide bonds. The van der Waals surface area contributed by atoms with E-state index in [9.17, 15) is 9.18 Å². The van der Waals surface area contributed by atoms with Crippen LogP contribution in [-0.4, -0.2) is 26.8 Å². The van der Waals surface area contributed by atoms with E-state index in [4.69, 9.17) is 10.5 Å². The van der Waals surface area contributed by atoms with Crippen molar-refractivity contribution in [2.45, 2.75) is 6.54 Å². The Bertz CT molecular complexity index is 716. The van der Waals surface area contributed by atoms with Crippen molar-refractivity contribution in [2.75, 3.05) is 0 Å². The standard InChI is InChI=1S/C15H13FN4O2/c16-11-5-2-1-4-10(11)9-20-13(15(21)22)8-12(17)14-18-6-3-7-19-14/h1-8,17,20H,9H2,(H,21,22)/b13-8-,17-12?. The van der Waals surface area contributed by atoms with Crippen molar-refractivity contribution in [2.24, 2.45) is 0 Å². The van der Waals surface area contributed by atoms with Crippen LogP contribution < -0.4 is 5.32 Å². The van der Waals surface area contributed by atoms with Gasteiger partial charge >= 0.3 is 5.97 Å². The number of nitrogens with zero attached hydrogens (tertiary/aromatic N) is 2. The van der Waals surface area contributed by atoms with E-state index in [0.717, 1.165) is 6.08 Å². The number of carbonyl (C=O) groups is 1. The van der Waals surface area contributed by atoms with Gasteiger partial charge in [-0.3, -0.25) is 5.41 Å². The van der Waals surface area contributed by atoms with Gasteiger partial charge < -0.3 is 10.4 Å². The van der Waals surface area contributed by atoms with Crippen LogP contribution in [0.1, 0.15) is 11.4 Å². The number of carboxylic acids is 1. The maximum atomic E-state index is 13.5. The number of carboxylic acid groups (broad SMARTS) is 1. The van der Waals surface area contributed by atoms with Crippen LogP contribution in [0.4, 0.5) is 4.39 Å². The molecular weight excluding hydrogens is 287 g/mol. The molecule has 112 valence electrons. The fourth-order valence-corrected chi connectivity index (χ4v) is 1.67. The van der Waals surface area contributed by atoms with E-state index in [1.807, 2.05) is 0 Å². The summed E-state index contributed by atoms with van der Waals surface area (Å²) in [4.78, 5) is 18.9. The third-order valence-electron chi connectivity index (χ3n) is 2.75. The summed E-state index contributed by atoms with van der Waals surface area (Å²) in [5.74, 6) is -1.58. The van der Waals surface area contributed by atoms with E-state index in [-0.39, 0.29) is 23.8 Å². The van der Waals surface area contributed by atoms with E-state index in [1.165, 1.54) is 18.5 Å². The average molecular weight is 300 g/mol. The van der Waals surface area contributed by atoms with Gasteiger partial charge in [-0.15, -0.1) is 0 Å². The Kier molecular flexibility index (Phi) is 4.92. The first-order chi connectivity index (χ1) is 10.6. The van der Waals surface area contributed by atoms with Gasteiger partial charge in [-0.1, -0.05) is 18.2 Å². The summed E-state index contributed by atoms with van der Waals surface area (Å²) in [6.07, 6.45) is 4.01. The van der Waals surface area contributed by atoms with E-state index in [1.54, 1.807) is 24.3 Å². The number of allylic oxidation sites excluding steroid dienone is 1. The Labute approximate surface area is 125 Å². The molecule has 0 saturated carbocycles. The summed E-state index contributed by atoms with van der Waals surface area (Å²) in [6, 6.07) is 7.64. The fraction of sp³-hybridized carbons (Fsp3) is 0.0667. The molecule has 0 aliphatic heterocycles. The highest BCUT2D eigenvalue weighted by atomic mass is 19.1. The van der Waals surface area contributed by atoms with Gasteiger partial charge in [0.15, 0.2) is 5.82 Å². The summed E-state index contributed by atoms with van der Waals surface area (Å²) < 4.78 is 13.5. The molecule has 2 aromatic rings. The molecule has 0 aliphatic carbocycles. The Morgan fingerprint density at radius 2 is 1.95 bits per heavy atom. The Morgan fingerprint density at radius 1 is 1.27 bits per heavy atom. The van der Waals surface area contributed by atoms with Gasteiger partial charge in [0.05, 0.1) is 0 Å². The molecule has 0 unspecified atom stereocenters. The molecule has 0 spiro atoms. The number of hydrogen-bond acceptors (Lipinski definition) is 5. The minimum atomic E-state index is -1.25. The number of nitrogens with one attached hydrogen (secondary N) is 2. The number of aromatic nitrogens is 2. The van der Waals surface area contributed by atoms with Gasteiger partial charge in [0.1, 0.15) is 17.2 Å². The predicted molar refractivity (Wildman–Crippen MR) is 77.8 cm³/mol. The normalized spacial score (nSPS) is 11.0. The number of rotatable bonds is 6. The number of halogens is 1. The molecule has 0 saturated heterocycles. The van der Waals surface area contributed by atoms with Crippen LogP contribution in [-0.2, 0) is 11.3 Å². The number of hydrogen-bond donors (Lipinski definition) is 3. The van der Waals surface area contributed by atoms with Gasteiger partial charge in [0.2, 0.25) is 0 Å². The molecule has 3 N–H and O–H groups in total. The molecule has 0 fully saturated rings. The van der Waals surface area contributed by atoms with E-state index in [0.29, 0.717) is 5.56 Å². The summed E-state index contributed by atoms with van der Waals surface area (Å²) in [5, 5.41) is 19.6. The summed E-state index contributed by atoms with van der Waals surface area (Å²) in [7, 11) is 0. The Morgan fingerprint density at radius 3 is 2.59 bits per heavy atom. The Balaban J connectivity index is 2.13. The first-order valence-corrected chi connectivity index (χ1v) is 6.36. The monoisotopic (exact) mass is 300 g/mol. The SMILES string of the molecule is N=C(/C=C(\NCc1ccccc1F)C(=O)O)c1ncccn1. The first kappa shape index (κ1) is 15.3. The van der Waals surface area contributed by atoms with Crippen molar-refractivity contribution in [3.05, 3.63) is 71.7 Å². The van der Waals surface area contributed by atoms with E-state index >= 15 is 0 Å². The van der Waals surface area contributed by atoms with Crippen molar-refractivity contribution < 1.29 is 14.3 Å². The number of benzene rings is 1. The van der Waals surface area contributed by atoms with Crippen LogP contribution in [0.15, 0.2) is 54.5 Å². The van der Waals surface area contributed by atoms with E-state index in [2.05, 4.69) is 15.3 Å². The lowest BCUT2D eigenvalue weighted by molar-refractivity contribution is -0.133. The third-order valence-corrected chi connectivity index (χ3v) is 2.75. The maximum absolute atomic E-state index is 13.5. The van der Waals surface area contributed by atoms with Gasteiger partial charge in [0.25, 0.3) is 0 Å². The van der Waals surface area contributed by atoms with Crippen LogP contribution in [0, 0.1) is 11.2 Å². The second kappa shape index (κ2) is 7.07. The van der Waals surface area contributed by atoms with Crippen molar-refractivity contribution in [3.8, 4) is 0 Å². The molecule has 0 aliphatic rings. The van der Waals surface area contributed by atoms with Crippen molar-refractivity contribution >= 4 is 11.7 Å². The topological polar surface area (TPSA) is 99.0 Å². The molecule has 1 aromatic heterocycles. The Hall–Kier alpha value is -3.09. The van der Waals surface area contributed by atoms with Crippen LogP contribution in [0.25, 0.3) is 0 Å². The lowest BCUT2D eigenvalue weighted by Crippen LogP contribution is -2.22. The highest BCUT2D eigenvalue weighted by Gasteiger charge is 2.11. The molecule has 6 nitrogen and oxygen atoms in total. The maximum Gasteiger partial charge on any atom is 0.352 e. The fourth-order valence-electron chi connectivity index (χ4n) is 1.67. The van der Waals surface area contributed by atoms with Gasteiger partial charge in [0, 0.05) is 24.5 Å². The largest absolute Gasteiger partial charge is 0.477 e. The highest BCUT2D eigenvalue weighted by molar-refractivity contribution is 6.07. The van der Waals surface area contributed by atoms with Crippen LogP contribution in [0.3, 0.4) is 0 Å². The smallest absolute Gasteiger partial charge is 0.352 e. The third kappa shape index (κ3) is 3.95. The van der Waals surface area contributed by atoms with Crippen molar-refractivity contribution in [1.29, 1.82) is 5.41 Å². The molecule has 2 rings (SSSR count). The lowest BCUT2D eigenvalue weighted by atomic mass is 10.2. The molecule has 22 heavy (non-hydrogen) atoms. The number of aliphatic carboxylic acids is 1. The second-order valence-electron chi connectivity index (χ2n) is 4.29. The second-order valence-corrected chi connectivity index (χ2v) is 4.29. The lowest BCUT2D eigenvalue weighted by Gasteiger charge is -2.08. The first-order valence-electron chi connectivity index (χ1n) is 6.36. The average Bonchev–Trinajstić information content (AvgIpc) is 2.53. The van der Waals surface area contributed by atoms with Crippen LogP contribution in [0.2, 0.25) is 0 Å². The molecule has 1 heterocycles. The molecule has 0 bridgehead atoms. The zero-order valence-corrected chi connectivity index (χ0v) is 11.5. The predicted octanol–water partition coefficient (Wildman–Crippen LogP) is 1.74. The van der Waals surface area contributed by atoms with Crippen LogP contribution >= 0.6 is 0 Å². The van der Waals surface area contributed by atoms with Crippen molar-refractivity contribution in [1.82, 2.24) is 15.3 Å². The van der Waals surface area contributed by atoms with Gasteiger partial charge in [-0.2, -0.15) is 0 Å². The minimum Gasteiger partial charge on any atom is -0.477 e. The highest BCUT2D eigenvalue weighted by Crippen LogP contribution is 2.07. The summed E-state index contributed by atoms with van der Waals surface area (Å²) >= 11 is 0. The minimum absolute atomic E-state index is 0.00622. The molecule has 0 atom stereocenters. The van der Waals surface area contributed by atoms with Gasteiger partial charge in [-0.05, 0) is 18.2 Å². The zero-order valence-electron chi connectivity index (χ0n) is 11.5. The zero-order chi connectivity index (χ0) is 15.9. The molecule has 0 radical (unpaired) electrons. The summed E-state index contributed by atoms with van der Waals surface area (Å²) in [6.45, 7) is -0.00622.